The van der Waals surface area contributed by atoms with Crippen LogP contribution in [0.4, 0.5) is 5.69 Å². The molecular formula is C17H16ClNO. The third-order valence-electron chi connectivity index (χ3n) is 3.70. The van der Waals surface area contributed by atoms with Crippen LogP contribution < -0.4 is 4.90 Å². The van der Waals surface area contributed by atoms with Gasteiger partial charge in [0.15, 0.2) is 5.78 Å². The third kappa shape index (κ3) is 2.56. The minimum absolute atomic E-state index is 0.0245. The van der Waals surface area contributed by atoms with Gasteiger partial charge >= 0.3 is 0 Å². The van der Waals surface area contributed by atoms with Crippen molar-refractivity contribution < 1.29 is 4.79 Å². The van der Waals surface area contributed by atoms with Crippen LogP contribution in [0.15, 0.2) is 48.5 Å². The molecule has 102 valence electrons. The largest absolute Gasteiger partial charge is 0.371 e. The van der Waals surface area contributed by atoms with Gasteiger partial charge in [0, 0.05) is 29.9 Å². The van der Waals surface area contributed by atoms with Crippen LogP contribution in [0.5, 0.6) is 0 Å². The van der Waals surface area contributed by atoms with Crippen LogP contribution in [-0.2, 0) is 0 Å². The number of carbonyl (C=O) groups excluding carboxylic acids is 1. The van der Waals surface area contributed by atoms with Crippen LogP contribution >= 0.6 is 11.6 Å². The lowest BCUT2D eigenvalue weighted by atomic mass is 10.0. The lowest BCUT2D eigenvalue weighted by Gasteiger charge is -2.18. The monoisotopic (exact) mass is 285 g/mol. The molecule has 0 atom stereocenters. The van der Waals surface area contributed by atoms with E-state index in [1.54, 1.807) is 0 Å². The number of ketones is 1. The van der Waals surface area contributed by atoms with Gasteiger partial charge in [0.05, 0.1) is 5.02 Å². The Hall–Kier alpha value is -1.80. The van der Waals surface area contributed by atoms with Crippen molar-refractivity contribution in [2.45, 2.75) is 12.8 Å². The highest BCUT2D eigenvalue weighted by Crippen LogP contribution is 2.27. The Bertz CT molecular complexity index is 618. The Morgan fingerprint density at radius 1 is 1.00 bits per heavy atom. The first-order valence-electron chi connectivity index (χ1n) is 6.90. The zero-order valence-corrected chi connectivity index (χ0v) is 11.9. The normalized spacial score (nSPS) is 14.6. The van der Waals surface area contributed by atoms with Gasteiger partial charge in [0.2, 0.25) is 0 Å². The fourth-order valence-electron chi connectivity index (χ4n) is 2.61. The van der Waals surface area contributed by atoms with Crippen LogP contribution in [0.3, 0.4) is 0 Å². The van der Waals surface area contributed by atoms with Crippen LogP contribution in [0.2, 0.25) is 5.02 Å². The summed E-state index contributed by atoms with van der Waals surface area (Å²) >= 11 is 6.31. The van der Waals surface area contributed by atoms with Gasteiger partial charge in [0.1, 0.15) is 0 Å². The number of carbonyl (C=O) groups is 1. The van der Waals surface area contributed by atoms with Gasteiger partial charge in [-0.15, -0.1) is 0 Å². The molecule has 0 radical (unpaired) electrons. The molecule has 1 fully saturated rings. The molecule has 2 aromatic rings. The van der Waals surface area contributed by atoms with E-state index in [0.717, 1.165) is 18.8 Å². The van der Waals surface area contributed by atoms with E-state index in [4.69, 9.17) is 11.6 Å². The summed E-state index contributed by atoms with van der Waals surface area (Å²) in [5.74, 6) is -0.0245. The number of hydrogen-bond acceptors (Lipinski definition) is 2. The average molecular weight is 286 g/mol. The molecule has 0 unspecified atom stereocenters. The predicted molar refractivity (Wildman–Crippen MR) is 82.8 cm³/mol. The lowest BCUT2D eigenvalue weighted by Crippen LogP contribution is -2.17. The maximum absolute atomic E-state index is 12.4. The van der Waals surface area contributed by atoms with E-state index >= 15 is 0 Å². The smallest absolute Gasteiger partial charge is 0.194 e. The van der Waals surface area contributed by atoms with Gasteiger partial charge in [-0.05, 0) is 31.0 Å². The first kappa shape index (κ1) is 13.2. The summed E-state index contributed by atoms with van der Waals surface area (Å²) in [5, 5.41) is 0.531. The fraction of sp³-hybridized carbons (Fsp3) is 0.235. The third-order valence-corrected chi connectivity index (χ3v) is 4.02. The van der Waals surface area contributed by atoms with Crippen LogP contribution in [0.1, 0.15) is 28.8 Å². The number of hydrogen-bond donors (Lipinski definition) is 0. The molecule has 2 aromatic carbocycles. The molecule has 0 N–H and O–H groups in total. The van der Waals surface area contributed by atoms with Crippen molar-refractivity contribution in [3.05, 3.63) is 64.7 Å². The molecule has 0 amide bonds. The van der Waals surface area contributed by atoms with Crippen molar-refractivity contribution in [3.63, 3.8) is 0 Å². The van der Waals surface area contributed by atoms with Gasteiger partial charge in [-0.3, -0.25) is 4.79 Å². The molecule has 2 nitrogen and oxygen atoms in total. The van der Waals surface area contributed by atoms with Crippen LogP contribution in [-0.4, -0.2) is 18.9 Å². The van der Waals surface area contributed by atoms with Crippen molar-refractivity contribution in [2.75, 3.05) is 18.0 Å². The number of halogens is 1. The van der Waals surface area contributed by atoms with Gasteiger partial charge in [0.25, 0.3) is 0 Å². The molecule has 1 aliphatic rings. The van der Waals surface area contributed by atoms with E-state index in [-0.39, 0.29) is 5.78 Å². The van der Waals surface area contributed by atoms with E-state index < -0.39 is 0 Å². The van der Waals surface area contributed by atoms with E-state index in [0.29, 0.717) is 16.1 Å². The second-order valence-electron chi connectivity index (χ2n) is 5.05. The molecule has 20 heavy (non-hydrogen) atoms. The van der Waals surface area contributed by atoms with Crippen molar-refractivity contribution in [3.8, 4) is 0 Å². The Kier molecular flexibility index (Phi) is 3.75. The maximum atomic E-state index is 12.4. The molecule has 0 aliphatic carbocycles. The van der Waals surface area contributed by atoms with E-state index in [1.165, 1.54) is 12.8 Å². The second-order valence-corrected chi connectivity index (χ2v) is 5.46. The van der Waals surface area contributed by atoms with E-state index in [2.05, 4.69) is 4.90 Å². The summed E-state index contributed by atoms with van der Waals surface area (Å²) in [6.45, 7) is 2.14. The topological polar surface area (TPSA) is 20.3 Å². The van der Waals surface area contributed by atoms with E-state index in [9.17, 15) is 4.79 Å². The Morgan fingerprint density at radius 3 is 2.35 bits per heavy atom. The van der Waals surface area contributed by atoms with Gasteiger partial charge < -0.3 is 4.90 Å². The highest BCUT2D eigenvalue weighted by molar-refractivity contribution is 6.35. The van der Waals surface area contributed by atoms with Gasteiger partial charge in [-0.25, -0.2) is 0 Å². The molecule has 0 spiro atoms. The van der Waals surface area contributed by atoms with Crippen molar-refractivity contribution in [2.24, 2.45) is 0 Å². The first-order valence-corrected chi connectivity index (χ1v) is 7.28. The van der Waals surface area contributed by atoms with Crippen LogP contribution in [0, 0.1) is 0 Å². The summed E-state index contributed by atoms with van der Waals surface area (Å²) in [4.78, 5) is 14.7. The summed E-state index contributed by atoms with van der Waals surface area (Å²) in [5.41, 5.74) is 2.35. The molecule has 1 heterocycles. The number of anilines is 1. The molecule has 3 heteroatoms. The Labute approximate surface area is 124 Å². The summed E-state index contributed by atoms with van der Waals surface area (Å²) in [6, 6.07) is 15.0. The number of rotatable bonds is 3. The molecule has 3 rings (SSSR count). The SMILES string of the molecule is O=C(c1ccccc1)c1ccc(N2CCCC2)cc1Cl. The second kappa shape index (κ2) is 5.68. The lowest BCUT2D eigenvalue weighted by molar-refractivity contribution is 0.103. The van der Waals surface area contributed by atoms with Gasteiger partial charge in [-0.2, -0.15) is 0 Å². The molecule has 0 bridgehead atoms. The number of nitrogens with zero attached hydrogens (tertiary/aromatic N) is 1. The first-order chi connectivity index (χ1) is 9.75. The minimum atomic E-state index is -0.0245. The maximum Gasteiger partial charge on any atom is 0.194 e. The standard InChI is InChI=1S/C17H16ClNO/c18-16-12-14(19-10-4-5-11-19)8-9-15(16)17(20)13-6-2-1-3-7-13/h1-3,6-9,12H,4-5,10-11H2. The minimum Gasteiger partial charge on any atom is -0.371 e. The van der Waals surface area contributed by atoms with Crippen molar-refractivity contribution in [1.82, 2.24) is 0 Å². The van der Waals surface area contributed by atoms with Crippen molar-refractivity contribution in [1.29, 1.82) is 0 Å². The summed E-state index contributed by atoms with van der Waals surface area (Å²) in [6.07, 6.45) is 2.45. The van der Waals surface area contributed by atoms with Crippen LogP contribution in [0.25, 0.3) is 0 Å². The zero-order chi connectivity index (χ0) is 13.9. The van der Waals surface area contributed by atoms with Gasteiger partial charge in [-0.1, -0.05) is 41.9 Å². The molecule has 0 saturated carbocycles. The fourth-order valence-corrected chi connectivity index (χ4v) is 2.87. The molecular weight excluding hydrogens is 270 g/mol. The quantitative estimate of drug-likeness (QED) is 0.789. The predicted octanol–water partition coefficient (Wildman–Crippen LogP) is 4.17. The molecule has 1 aliphatic heterocycles. The Morgan fingerprint density at radius 2 is 1.70 bits per heavy atom. The summed E-state index contributed by atoms with van der Waals surface area (Å²) < 4.78 is 0. The Balaban J connectivity index is 1.89. The molecule has 1 saturated heterocycles. The zero-order valence-electron chi connectivity index (χ0n) is 11.2. The highest BCUT2D eigenvalue weighted by atomic mass is 35.5. The molecule has 0 aromatic heterocycles. The number of benzene rings is 2. The average Bonchev–Trinajstić information content (AvgIpc) is 3.01. The van der Waals surface area contributed by atoms with Crippen molar-refractivity contribution >= 4 is 23.1 Å². The summed E-state index contributed by atoms with van der Waals surface area (Å²) in [7, 11) is 0. The van der Waals surface area contributed by atoms with E-state index in [1.807, 2.05) is 48.5 Å². The highest BCUT2D eigenvalue weighted by Gasteiger charge is 2.16.